The Kier molecular flexibility index (Phi) is 6.15. The topological polar surface area (TPSA) is 92.3 Å². The van der Waals surface area contributed by atoms with E-state index in [9.17, 15) is 13.2 Å². The van der Waals surface area contributed by atoms with Crippen molar-refractivity contribution in [1.29, 1.82) is 0 Å². The van der Waals surface area contributed by atoms with Crippen molar-refractivity contribution in [2.24, 2.45) is 0 Å². The smallest absolute Gasteiger partial charge is 0.235 e. The molecule has 2 heterocycles. The van der Waals surface area contributed by atoms with E-state index in [0.29, 0.717) is 17.4 Å². The minimum atomic E-state index is -3.05. The summed E-state index contributed by atoms with van der Waals surface area (Å²) in [6, 6.07) is 17.2. The second-order valence-corrected chi connectivity index (χ2v) is 11.2. The largest absolute Gasteiger partial charge is 0.341 e. The Morgan fingerprint density at radius 3 is 2.55 bits per heavy atom. The van der Waals surface area contributed by atoms with Gasteiger partial charge in [0.2, 0.25) is 5.91 Å². The van der Waals surface area contributed by atoms with Gasteiger partial charge in [0, 0.05) is 24.2 Å². The number of hydrogen-bond donors (Lipinski definition) is 1. The first-order valence-corrected chi connectivity index (χ1v) is 12.7. The number of aromatic nitrogens is 2. The molecular weight excluding hydrogens is 432 g/mol. The summed E-state index contributed by atoms with van der Waals surface area (Å²) in [5.74, 6) is 0.721. The normalized spacial score (nSPS) is 18.6. The van der Waals surface area contributed by atoms with Crippen LogP contribution < -0.4 is 5.32 Å². The molecule has 0 saturated carbocycles. The van der Waals surface area contributed by atoms with E-state index in [1.54, 1.807) is 18.9 Å². The summed E-state index contributed by atoms with van der Waals surface area (Å²) in [7, 11) is -1.38. The van der Waals surface area contributed by atoms with Crippen LogP contribution in [0.4, 0.5) is 11.5 Å². The van der Waals surface area contributed by atoms with Gasteiger partial charge in [0.1, 0.15) is 5.82 Å². The average Bonchev–Trinajstić information content (AvgIpc) is 3.13. The molecule has 0 aliphatic carbocycles. The third-order valence-electron chi connectivity index (χ3n) is 5.35. The minimum absolute atomic E-state index is 0.0320. The molecule has 7 nitrogen and oxygen atoms in total. The van der Waals surface area contributed by atoms with Crippen LogP contribution in [-0.4, -0.2) is 59.0 Å². The van der Waals surface area contributed by atoms with Crippen LogP contribution in [0.1, 0.15) is 13.3 Å². The van der Waals surface area contributed by atoms with Crippen molar-refractivity contribution >= 4 is 49.9 Å². The van der Waals surface area contributed by atoms with Gasteiger partial charge in [0.15, 0.2) is 15.0 Å². The van der Waals surface area contributed by atoms with Gasteiger partial charge in [0.25, 0.3) is 0 Å². The van der Waals surface area contributed by atoms with Crippen LogP contribution in [0, 0.1) is 0 Å². The van der Waals surface area contributed by atoms with Crippen LogP contribution >= 0.6 is 11.8 Å². The maximum Gasteiger partial charge on any atom is 0.235 e. The Hall–Kier alpha value is -2.65. The lowest BCUT2D eigenvalue weighted by Crippen LogP contribution is -2.41. The summed E-state index contributed by atoms with van der Waals surface area (Å²) >= 11 is 1.28. The van der Waals surface area contributed by atoms with Gasteiger partial charge in [-0.05, 0) is 37.6 Å². The first-order chi connectivity index (χ1) is 14.8. The SMILES string of the molecule is C[C@H](Sc1nc(Nc2ccccc2)c2ccccc2n1)C(=O)N(C)[C@@H]1CCS(=O)(=O)C1. The second kappa shape index (κ2) is 8.84. The molecule has 0 unspecified atom stereocenters. The average molecular weight is 457 g/mol. The van der Waals surface area contributed by atoms with E-state index in [4.69, 9.17) is 0 Å². The molecule has 1 aliphatic rings. The van der Waals surface area contributed by atoms with Crippen molar-refractivity contribution in [3.05, 3.63) is 54.6 Å². The number of rotatable bonds is 6. The molecule has 1 amide bonds. The number of para-hydroxylation sites is 2. The molecule has 1 aliphatic heterocycles. The number of nitrogens with one attached hydrogen (secondary N) is 1. The number of amides is 1. The first-order valence-electron chi connectivity index (χ1n) is 10.0. The van der Waals surface area contributed by atoms with Gasteiger partial charge in [-0.15, -0.1) is 0 Å². The summed E-state index contributed by atoms with van der Waals surface area (Å²) in [6.45, 7) is 1.80. The number of sulfone groups is 1. The second-order valence-electron chi connectivity index (χ2n) is 7.63. The predicted molar refractivity (Wildman–Crippen MR) is 124 cm³/mol. The molecular formula is C22H24N4O3S2. The summed E-state index contributed by atoms with van der Waals surface area (Å²) in [6.07, 6.45) is 0.486. The highest BCUT2D eigenvalue weighted by Crippen LogP contribution is 2.29. The summed E-state index contributed by atoms with van der Waals surface area (Å²) < 4.78 is 23.5. The van der Waals surface area contributed by atoms with E-state index < -0.39 is 15.1 Å². The highest BCUT2D eigenvalue weighted by Gasteiger charge is 2.34. The maximum atomic E-state index is 12.9. The molecule has 9 heteroatoms. The van der Waals surface area contributed by atoms with E-state index in [-0.39, 0.29) is 23.5 Å². The van der Waals surface area contributed by atoms with E-state index in [1.807, 2.05) is 54.6 Å². The van der Waals surface area contributed by atoms with E-state index in [2.05, 4.69) is 15.3 Å². The monoisotopic (exact) mass is 456 g/mol. The van der Waals surface area contributed by atoms with Gasteiger partial charge in [-0.25, -0.2) is 18.4 Å². The van der Waals surface area contributed by atoms with Crippen LogP contribution in [0.2, 0.25) is 0 Å². The molecule has 1 aromatic heterocycles. The van der Waals surface area contributed by atoms with Crippen molar-refractivity contribution in [1.82, 2.24) is 14.9 Å². The number of thioether (sulfide) groups is 1. The molecule has 1 saturated heterocycles. The highest BCUT2D eigenvalue weighted by atomic mass is 32.2. The number of benzene rings is 2. The van der Waals surface area contributed by atoms with Gasteiger partial charge in [0.05, 0.1) is 22.3 Å². The molecule has 31 heavy (non-hydrogen) atoms. The van der Waals surface area contributed by atoms with Gasteiger partial charge < -0.3 is 10.2 Å². The van der Waals surface area contributed by atoms with Gasteiger partial charge in [-0.1, -0.05) is 42.1 Å². The zero-order valence-electron chi connectivity index (χ0n) is 17.4. The van der Waals surface area contributed by atoms with Crippen LogP contribution in [0.15, 0.2) is 59.8 Å². The van der Waals surface area contributed by atoms with Gasteiger partial charge >= 0.3 is 0 Å². The fourth-order valence-corrected chi connectivity index (χ4v) is 6.27. The lowest BCUT2D eigenvalue weighted by molar-refractivity contribution is -0.130. The predicted octanol–water partition coefficient (Wildman–Crippen LogP) is 3.50. The molecule has 2 atom stereocenters. The number of nitrogens with zero attached hydrogens (tertiary/aromatic N) is 3. The Morgan fingerprint density at radius 1 is 1.13 bits per heavy atom. The van der Waals surface area contributed by atoms with Crippen molar-refractivity contribution in [2.75, 3.05) is 23.9 Å². The molecule has 0 bridgehead atoms. The number of hydrogen-bond acceptors (Lipinski definition) is 7. The molecule has 1 fully saturated rings. The minimum Gasteiger partial charge on any atom is -0.341 e. The maximum absolute atomic E-state index is 12.9. The Bertz CT molecular complexity index is 1200. The fourth-order valence-electron chi connectivity index (χ4n) is 3.62. The van der Waals surface area contributed by atoms with Crippen molar-refractivity contribution in [2.45, 2.75) is 29.8 Å². The Balaban J connectivity index is 1.55. The zero-order valence-corrected chi connectivity index (χ0v) is 19.0. The lowest BCUT2D eigenvalue weighted by atomic mass is 10.2. The zero-order chi connectivity index (χ0) is 22.0. The first kappa shape index (κ1) is 21.6. The molecule has 4 rings (SSSR count). The fraction of sp³-hybridized carbons (Fsp3) is 0.318. The molecule has 3 aromatic rings. The van der Waals surface area contributed by atoms with E-state index in [0.717, 1.165) is 16.6 Å². The Morgan fingerprint density at radius 2 is 1.84 bits per heavy atom. The van der Waals surface area contributed by atoms with Crippen molar-refractivity contribution in [3.63, 3.8) is 0 Å². The van der Waals surface area contributed by atoms with Crippen LogP contribution in [0.3, 0.4) is 0 Å². The van der Waals surface area contributed by atoms with Crippen molar-refractivity contribution in [3.8, 4) is 0 Å². The molecule has 0 spiro atoms. The summed E-state index contributed by atoms with van der Waals surface area (Å²) in [5, 5.41) is 4.28. The summed E-state index contributed by atoms with van der Waals surface area (Å²) in [5.41, 5.74) is 1.70. The quantitative estimate of drug-likeness (QED) is 0.448. The lowest BCUT2D eigenvalue weighted by Gasteiger charge is -2.26. The number of anilines is 2. The van der Waals surface area contributed by atoms with Gasteiger partial charge in [-0.2, -0.15) is 0 Å². The number of carbonyl (C=O) groups is 1. The third kappa shape index (κ3) is 4.99. The number of carbonyl (C=O) groups excluding carboxylic acids is 1. The summed E-state index contributed by atoms with van der Waals surface area (Å²) in [4.78, 5) is 23.8. The highest BCUT2D eigenvalue weighted by molar-refractivity contribution is 8.00. The van der Waals surface area contributed by atoms with Crippen LogP contribution in [0.5, 0.6) is 0 Å². The van der Waals surface area contributed by atoms with Crippen LogP contribution in [0.25, 0.3) is 10.9 Å². The van der Waals surface area contributed by atoms with E-state index in [1.165, 1.54) is 11.8 Å². The Labute approximate surface area is 186 Å². The number of fused-ring (bicyclic) bond motifs is 1. The molecule has 2 aromatic carbocycles. The molecule has 1 N–H and O–H groups in total. The van der Waals surface area contributed by atoms with Crippen molar-refractivity contribution < 1.29 is 13.2 Å². The van der Waals surface area contributed by atoms with Gasteiger partial charge in [-0.3, -0.25) is 4.79 Å². The standard InChI is InChI=1S/C22H24N4O3S2/c1-15(21(27)26(2)17-12-13-31(28,29)14-17)30-22-24-19-11-7-6-10-18(19)20(25-22)23-16-8-4-3-5-9-16/h3-11,15,17H,12-14H2,1-2H3,(H,23,24,25)/t15-,17+/m0/s1. The van der Waals surface area contributed by atoms with E-state index >= 15 is 0 Å². The molecule has 0 radical (unpaired) electrons. The van der Waals surface area contributed by atoms with Crippen LogP contribution in [-0.2, 0) is 14.6 Å². The molecule has 162 valence electrons. The third-order valence-corrected chi connectivity index (χ3v) is 8.05.